The molecule has 1 amide bonds. The van der Waals surface area contributed by atoms with Gasteiger partial charge in [0.05, 0.1) is 0 Å². The molecule has 0 N–H and O–H groups in total. The van der Waals surface area contributed by atoms with Crippen LogP contribution in [-0.2, 0) is 16.1 Å². The minimum Gasteiger partial charge on any atom is -0.340 e. The second-order valence-electron chi connectivity index (χ2n) is 4.69. The Morgan fingerprint density at radius 3 is 2.58 bits per heavy atom. The first-order chi connectivity index (χ1) is 8.97. The van der Waals surface area contributed by atoms with Crippen molar-refractivity contribution in [1.82, 2.24) is 9.47 Å². The Kier molecular flexibility index (Phi) is 4.19. The molecule has 1 saturated heterocycles. The number of Topliss-reactive ketones (excluding diaryl/α,β-unsaturated/α-hetero) is 1. The third-order valence-electron chi connectivity index (χ3n) is 3.21. The standard InChI is InChI=1S/C13H15BrN2O3/c1-9-6-10(14)7-16(13(9)19)8-12(18)15-4-2-11(17)3-5-15/h6-7H,2-5,8H2,1H3. The summed E-state index contributed by atoms with van der Waals surface area (Å²) in [6.07, 6.45) is 2.44. The number of amides is 1. The molecular weight excluding hydrogens is 312 g/mol. The number of carbonyl (C=O) groups excluding carboxylic acids is 2. The van der Waals surface area contributed by atoms with Gasteiger partial charge in [-0.15, -0.1) is 0 Å². The minimum absolute atomic E-state index is 0.0211. The average molecular weight is 327 g/mol. The molecule has 0 saturated carbocycles. The van der Waals surface area contributed by atoms with Crippen LogP contribution < -0.4 is 5.56 Å². The highest BCUT2D eigenvalue weighted by Gasteiger charge is 2.21. The lowest BCUT2D eigenvalue weighted by atomic mass is 10.1. The number of likely N-dealkylation sites (tertiary alicyclic amines) is 1. The highest BCUT2D eigenvalue weighted by atomic mass is 79.9. The molecule has 2 heterocycles. The van der Waals surface area contributed by atoms with E-state index in [2.05, 4.69) is 15.9 Å². The molecule has 0 bridgehead atoms. The van der Waals surface area contributed by atoms with Crippen LogP contribution in [0.5, 0.6) is 0 Å². The maximum Gasteiger partial charge on any atom is 0.253 e. The zero-order valence-electron chi connectivity index (χ0n) is 10.7. The van der Waals surface area contributed by atoms with Gasteiger partial charge < -0.3 is 9.47 Å². The second-order valence-corrected chi connectivity index (χ2v) is 5.61. The van der Waals surface area contributed by atoms with Gasteiger partial charge in [0.15, 0.2) is 0 Å². The van der Waals surface area contributed by atoms with E-state index in [0.717, 1.165) is 4.47 Å². The van der Waals surface area contributed by atoms with Gasteiger partial charge in [-0.2, -0.15) is 0 Å². The number of nitrogens with zero attached hydrogens (tertiary/aromatic N) is 2. The first kappa shape index (κ1) is 14.0. The maximum atomic E-state index is 12.1. The van der Waals surface area contributed by atoms with Crippen molar-refractivity contribution >= 4 is 27.6 Å². The van der Waals surface area contributed by atoms with Crippen LogP contribution in [0.25, 0.3) is 0 Å². The fourth-order valence-electron chi connectivity index (χ4n) is 2.11. The van der Waals surface area contributed by atoms with Crippen LogP contribution in [0, 0.1) is 6.92 Å². The summed E-state index contributed by atoms with van der Waals surface area (Å²) >= 11 is 3.31. The number of piperidine rings is 1. The van der Waals surface area contributed by atoms with E-state index in [1.165, 1.54) is 4.57 Å². The molecule has 0 radical (unpaired) electrons. The van der Waals surface area contributed by atoms with E-state index in [-0.39, 0.29) is 23.8 Å². The summed E-state index contributed by atoms with van der Waals surface area (Å²) in [7, 11) is 0. The van der Waals surface area contributed by atoms with Gasteiger partial charge in [0, 0.05) is 42.2 Å². The van der Waals surface area contributed by atoms with Crippen LogP contribution in [0.15, 0.2) is 21.5 Å². The molecule has 5 nitrogen and oxygen atoms in total. The zero-order valence-corrected chi connectivity index (χ0v) is 12.3. The van der Waals surface area contributed by atoms with Gasteiger partial charge >= 0.3 is 0 Å². The van der Waals surface area contributed by atoms with E-state index in [1.807, 2.05) is 0 Å². The SMILES string of the molecule is Cc1cc(Br)cn(CC(=O)N2CCC(=O)CC2)c1=O. The van der Waals surface area contributed by atoms with Gasteiger partial charge in [0.2, 0.25) is 5.91 Å². The number of pyridine rings is 1. The molecule has 19 heavy (non-hydrogen) atoms. The van der Waals surface area contributed by atoms with Crippen molar-refractivity contribution in [2.24, 2.45) is 0 Å². The number of halogens is 1. The molecule has 0 spiro atoms. The number of hydrogen-bond acceptors (Lipinski definition) is 3. The average Bonchev–Trinajstić information content (AvgIpc) is 2.36. The van der Waals surface area contributed by atoms with Crippen molar-refractivity contribution in [2.45, 2.75) is 26.3 Å². The van der Waals surface area contributed by atoms with Gasteiger partial charge in [-0.1, -0.05) is 0 Å². The number of aromatic nitrogens is 1. The molecule has 102 valence electrons. The highest BCUT2D eigenvalue weighted by Crippen LogP contribution is 2.10. The molecule has 2 rings (SSSR count). The van der Waals surface area contributed by atoms with Crippen molar-refractivity contribution in [1.29, 1.82) is 0 Å². The topological polar surface area (TPSA) is 59.4 Å². The van der Waals surface area contributed by atoms with Crippen molar-refractivity contribution in [2.75, 3.05) is 13.1 Å². The van der Waals surface area contributed by atoms with E-state index in [4.69, 9.17) is 0 Å². The summed E-state index contributed by atoms with van der Waals surface area (Å²) in [5.74, 6) is 0.0756. The zero-order chi connectivity index (χ0) is 14.0. The number of hydrogen-bond donors (Lipinski definition) is 0. The summed E-state index contributed by atoms with van der Waals surface area (Å²) in [5.41, 5.74) is 0.431. The van der Waals surface area contributed by atoms with Crippen molar-refractivity contribution in [3.63, 3.8) is 0 Å². The van der Waals surface area contributed by atoms with Crippen molar-refractivity contribution in [3.05, 3.63) is 32.7 Å². The van der Waals surface area contributed by atoms with Gasteiger partial charge in [0.1, 0.15) is 12.3 Å². The number of ketones is 1. The first-order valence-corrected chi connectivity index (χ1v) is 6.93. The highest BCUT2D eigenvalue weighted by molar-refractivity contribution is 9.10. The van der Waals surface area contributed by atoms with Crippen LogP contribution in [0.2, 0.25) is 0 Å². The van der Waals surface area contributed by atoms with E-state index >= 15 is 0 Å². The Bertz CT molecular complexity index is 570. The van der Waals surface area contributed by atoms with Crippen LogP contribution in [-0.4, -0.2) is 34.2 Å². The Morgan fingerprint density at radius 2 is 1.95 bits per heavy atom. The predicted octanol–water partition coefficient (Wildman–Crippen LogP) is 1.11. The fraction of sp³-hybridized carbons (Fsp3) is 0.462. The van der Waals surface area contributed by atoms with E-state index in [1.54, 1.807) is 24.1 Å². The van der Waals surface area contributed by atoms with E-state index in [9.17, 15) is 14.4 Å². The molecule has 0 aliphatic carbocycles. The smallest absolute Gasteiger partial charge is 0.253 e. The van der Waals surface area contributed by atoms with Gasteiger partial charge in [-0.3, -0.25) is 14.4 Å². The van der Waals surface area contributed by atoms with E-state index in [0.29, 0.717) is 31.5 Å². The summed E-state index contributed by atoms with van der Waals surface area (Å²) in [6, 6.07) is 1.73. The van der Waals surface area contributed by atoms with Crippen molar-refractivity contribution in [3.8, 4) is 0 Å². The summed E-state index contributed by atoms with van der Waals surface area (Å²) in [5, 5.41) is 0. The van der Waals surface area contributed by atoms with Crippen LogP contribution in [0.1, 0.15) is 18.4 Å². The molecule has 1 aromatic heterocycles. The van der Waals surface area contributed by atoms with Crippen LogP contribution in [0.4, 0.5) is 0 Å². The van der Waals surface area contributed by atoms with Gasteiger partial charge in [-0.05, 0) is 28.9 Å². The van der Waals surface area contributed by atoms with Crippen LogP contribution in [0.3, 0.4) is 0 Å². The molecule has 1 fully saturated rings. The van der Waals surface area contributed by atoms with Gasteiger partial charge in [-0.25, -0.2) is 0 Å². The Morgan fingerprint density at radius 1 is 1.32 bits per heavy atom. The number of aryl methyl sites for hydroxylation is 1. The first-order valence-electron chi connectivity index (χ1n) is 6.13. The minimum atomic E-state index is -0.162. The molecule has 1 aliphatic heterocycles. The lowest BCUT2D eigenvalue weighted by Gasteiger charge is -2.26. The molecule has 0 aromatic carbocycles. The maximum absolute atomic E-state index is 12.1. The van der Waals surface area contributed by atoms with Crippen molar-refractivity contribution < 1.29 is 9.59 Å². The Balaban J connectivity index is 2.11. The molecular formula is C13H15BrN2O3. The van der Waals surface area contributed by atoms with Gasteiger partial charge in [0.25, 0.3) is 5.56 Å². The number of rotatable bonds is 2. The largest absolute Gasteiger partial charge is 0.340 e. The molecule has 0 unspecified atom stereocenters. The third-order valence-corrected chi connectivity index (χ3v) is 3.64. The Hall–Kier alpha value is -1.43. The number of carbonyl (C=O) groups is 2. The summed E-state index contributed by atoms with van der Waals surface area (Å²) < 4.78 is 2.17. The third kappa shape index (κ3) is 3.32. The monoisotopic (exact) mass is 326 g/mol. The second kappa shape index (κ2) is 5.69. The molecule has 1 aromatic rings. The lowest BCUT2D eigenvalue weighted by Crippen LogP contribution is -2.41. The Labute approximate surface area is 119 Å². The quantitative estimate of drug-likeness (QED) is 0.818. The summed E-state index contributed by atoms with van der Waals surface area (Å²) in [6.45, 7) is 2.65. The molecule has 1 aliphatic rings. The fourth-order valence-corrected chi connectivity index (χ4v) is 2.70. The normalized spacial score (nSPS) is 15.7. The molecule has 6 heteroatoms. The van der Waals surface area contributed by atoms with Crippen LogP contribution >= 0.6 is 15.9 Å². The molecule has 0 atom stereocenters. The van der Waals surface area contributed by atoms with E-state index < -0.39 is 0 Å². The predicted molar refractivity (Wildman–Crippen MR) is 74.0 cm³/mol. The lowest BCUT2D eigenvalue weighted by molar-refractivity contribution is -0.135. The summed E-state index contributed by atoms with van der Waals surface area (Å²) in [4.78, 5) is 36.8.